The highest BCUT2D eigenvalue weighted by atomic mass is 32.1. The standard InChI is InChI=1S/C23H28N2O4S/c1-13(26)24-21-19(17-11-8-15(23(2,3)4)12-18(17)30-21)20(27)25-16-9-6-14(7-10-16)22(28)29-5/h6-7,9-10,15H,8,11-12H2,1-5H3,(H,24,26)(H,25,27). The number of fused-ring (bicyclic) bond motifs is 1. The Bertz CT molecular complexity index is 970. The first-order valence-electron chi connectivity index (χ1n) is 10.0. The van der Waals surface area contributed by atoms with E-state index in [9.17, 15) is 14.4 Å². The molecule has 0 saturated heterocycles. The van der Waals surface area contributed by atoms with Crippen LogP contribution >= 0.6 is 11.3 Å². The van der Waals surface area contributed by atoms with Gasteiger partial charge in [-0.1, -0.05) is 20.8 Å². The molecule has 0 aliphatic heterocycles. The van der Waals surface area contributed by atoms with Crippen LogP contribution in [0, 0.1) is 11.3 Å². The summed E-state index contributed by atoms with van der Waals surface area (Å²) >= 11 is 1.50. The molecule has 6 nitrogen and oxygen atoms in total. The zero-order valence-corrected chi connectivity index (χ0v) is 18.9. The van der Waals surface area contributed by atoms with E-state index in [1.165, 1.54) is 30.2 Å². The molecule has 1 heterocycles. The third kappa shape index (κ3) is 4.73. The van der Waals surface area contributed by atoms with Gasteiger partial charge >= 0.3 is 5.97 Å². The summed E-state index contributed by atoms with van der Waals surface area (Å²) in [4.78, 5) is 37.7. The Morgan fingerprint density at radius 2 is 1.77 bits per heavy atom. The van der Waals surface area contributed by atoms with Crippen LogP contribution in [0.4, 0.5) is 10.7 Å². The van der Waals surface area contributed by atoms with E-state index in [0.717, 1.165) is 24.8 Å². The number of hydrogen-bond donors (Lipinski definition) is 2. The molecule has 1 aromatic heterocycles. The van der Waals surface area contributed by atoms with Crippen molar-refractivity contribution in [3.63, 3.8) is 0 Å². The predicted octanol–water partition coefficient (Wildman–Crippen LogP) is 4.90. The van der Waals surface area contributed by atoms with Gasteiger partial charge in [-0.3, -0.25) is 9.59 Å². The number of hydrogen-bond acceptors (Lipinski definition) is 5. The number of esters is 1. The van der Waals surface area contributed by atoms with Crippen LogP contribution in [0.2, 0.25) is 0 Å². The molecule has 1 unspecified atom stereocenters. The minimum atomic E-state index is -0.430. The Kier molecular flexibility index (Phi) is 6.31. The largest absolute Gasteiger partial charge is 0.465 e. The molecule has 0 bridgehead atoms. The van der Waals surface area contributed by atoms with Crippen molar-refractivity contribution in [1.82, 2.24) is 0 Å². The number of carbonyl (C=O) groups is 3. The molecule has 0 radical (unpaired) electrons. The minimum absolute atomic E-state index is 0.194. The van der Waals surface area contributed by atoms with Crippen LogP contribution in [-0.4, -0.2) is 24.9 Å². The number of carbonyl (C=O) groups excluding carboxylic acids is 3. The SMILES string of the molecule is COC(=O)c1ccc(NC(=O)c2c(NC(C)=O)sc3c2CCC(C(C)(C)C)C3)cc1. The molecule has 2 N–H and O–H groups in total. The molecule has 1 aromatic carbocycles. The van der Waals surface area contributed by atoms with Crippen LogP contribution in [0.15, 0.2) is 24.3 Å². The van der Waals surface area contributed by atoms with Crippen molar-refractivity contribution in [2.45, 2.75) is 47.0 Å². The van der Waals surface area contributed by atoms with E-state index in [2.05, 4.69) is 31.4 Å². The van der Waals surface area contributed by atoms with E-state index >= 15 is 0 Å². The van der Waals surface area contributed by atoms with Gasteiger partial charge in [0.1, 0.15) is 5.00 Å². The summed E-state index contributed by atoms with van der Waals surface area (Å²) in [6, 6.07) is 6.54. The van der Waals surface area contributed by atoms with Crippen LogP contribution < -0.4 is 10.6 Å². The van der Waals surface area contributed by atoms with Gasteiger partial charge < -0.3 is 15.4 Å². The summed E-state index contributed by atoms with van der Waals surface area (Å²) in [5.74, 6) is -0.342. The van der Waals surface area contributed by atoms with Gasteiger partial charge in [-0.15, -0.1) is 11.3 Å². The van der Waals surface area contributed by atoms with Gasteiger partial charge in [0.2, 0.25) is 5.91 Å². The van der Waals surface area contributed by atoms with Gasteiger partial charge in [-0.2, -0.15) is 0 Å². The quantitative estimate of drug-likeness (QED) is 0.679. The number of ether oxygens (including phenoxy) is 1. The topological polar surface area (TPSA) is 84.5 Å². The Balaban J connectivity index is 1.88. The van der Waals surface area contributed by atoms with Crippen molar-refractivity contribution in [2.75, 3.05) is 17.7 Å². The van der Waals surface area contributed by atoms with Crippen molar-refractivity contribution in [3.8, 4) is 0 Å². The molecule has 3 rings (SSSR count). The fraction of sp³-hybridized carbons (Fsp3) is 0.435. The lowest BCUT2D eigenvalue weighted by Crippen LogP contribution is -2.27. The average Bonchev–Trinajstić information content (AvgIpc) is 3.03. The first-order valence-corrected chi connectivity index (χ1v) is 10.8. The molecule has 7 heteroatoms. The maximum Gasteiger partial charge on any atom is 0.337 e. The lowest BCUT2D eigenvalue weighted by molar-refractivity contribution is -0.114. The van der Waals surface area contributed by atoms with E-state index in [0.29, 0.717) is 27.7 Å². The molecular weight excluding hydrogens is 400 g/mol. The molecular formula is C23H28N2O4S. The summed E-state index contributed by atoms with van der Waals surface area (Å²) in [7, 11) is 1.32. The van der Waals surface area contributed by atoms with Gasteiger partial charge in [0.15, 0.2) is 0 Å². The molecule has 1 atom stereocenters. The Hall–Kier alpha value is -2.67. The second-order valence-electron chi connectivity index (χ2n) is 8.72. The second kappa shape index (κ2) is 8.60. The summed E-state index contributed by atoms with van der Waals surface area (Å²) < 4.78 is 4.70. The van der Waals surface area contributed by atoms with E-state index in [4.69, 9.17) is 4.74 Å². The number of nitrogens with one attached hydrogen (secondary N) is 2. The molecule has 30 heavy (non-hydrogen) atoms. The van der Waals surface area contributed by atoms with Crippen molar-refractivity contribution < 1.29 is 19.1 Å². The molecule has 1 aliphatic rings. The summed E-state index contributed by atoms with van der Waals surface area (Å²) in [6.45, 7) is 8.19. The highest BCUT2D eigenvalue weighted by Gasteiger charge is 2.34. The molecule has 0 spiro atoms. The van der Waals surface area contributed by atoms with Crippen LogP contribution in [0.5, 0.6) is 0 Å². The lowest BCUT2D eigenvalue weighted by atomic mass is 9.72. The Labute approximate surface area is 181 Å². The minimum Gasteiger partial charge on any atom is -0.465 e. The summed E-state index contributed by atoms with van der Waals surface area (Å²) in [5.41, 5.74) is 2.77. The third-order valence-electron chi connectivity index (χ3n) is 5.57. The molecule has 1 aliphatic carbocycles. The lowest BCUT2D eigenvalue weighted by Gasteiger charge is -2.33. The maximum atomic E-state index is 13.2. The van der Waals surface area contributed by atoms with Crippen LogP contribution in [0.1, 0.15) is 65.3 Å². The average molecular weight is 429 g/mol. The van der Waals surface area contributed by atoms with Crippen molar-refractivity contribution >= 4 is 39.8 Å². The first-order chi connectivity index (χ1) is 14.1. The number of rotatable bonds is 4. The van der Waals surface area contributed by atoms with Crippen molar-refractivity contribution in [3.05, 3.63) is 45.8 Å². The number of thiophene rings is 1. The predicted molar refractivity (Wildman–Crippen MR) is 119 cm³/mol. The van der Waals surface area contributed by atoms with Gasteiger partial charge in [-0.05, 0) is 60.4 Å². The number of amides is 2. The van der Waals surface area contributed by atoms with Gasteiger partial charge in [0, 0.05) is 17.5 Å². The highest BCUT2D eigenvalue weighted by Crippen LogP contribution is 2.44. The van der Waals surface area contributed by atoms with E-state index in [1.807, 2.05) is 0 Å². The third-order valence-corrected chi connectivity index (χ3v) is 6.74. The Morgan fingerprint density at radius 1 is 1.10 bits per heavy atom. The fourth-order valence-electron chi connectivity index (χ4n) is 3.81. The van der Waals surface area contributed by atoms with E-state index in [1.54, 1.807) is 24.3 Å². The normalized spacial score (nSPS) is 15.8. The molecule has 0 fully saturated rings. The smallest absolute Gasteiger partial charge is 0.337 e. The number of benzene rings is 1. The summed E-state index contributed by atoms with van der Waals surface area (Å²) in [6.07, 6.45) is 2.75. The van der Waals surface area contributed by atoms with Gasteiger partial charge in [0.05, 0.1) is 18.2 Å². The second-order valence-corrected chi connectivity index (χ2v) is 9.82. The van der Waals surface area contributed by atoms with Crippen LogP contribution in [0.25, 0.3) is 0 Å². The molecule has 0 saturated carbocycles. The summed E-state index contributed by atoms with van der Waals surface area (Å²) in [5, 5.41) is 6.34. The maximum absolute atomic E-state index is 13.2. The monoisotopic (exact) mass is 428 g/mol. The van der Waals surface area contributed by atoms with Gasteiger partial charge in [-0.25, -0.2) is 4.79 Å². The number of methoxy groups -OCH3 is 1. The zero-order valence-electron chi connectivity index (χ0n) is 18.0. The molecule has 160 valence electrons. The van der Waals surface area contributed by atoms with Crippen LogP contribution in [0.3, 0.4) is 0 Å². The Morgan fingerprint density at radius 3 is 2.33 bits per heavy atom. The fourth-order valence-corrected chi connectivity index (χ4v) is 5.19. The zero-order chi connectivity index (χ0) is 22.1. The first kappa shape index (κ1) is 22.0. The van der Waals surface area contributed by atoms with Gasteiger partial charge in [0.25, 0.3) is 5.91 Å². The van der Waals surface area contributed by atoms with E-state index in [-0.39, 0.29) is 17.2 Å². The van der Waals surface area contributed by atoms with Crippen molar-refractivity contribution in [1.29, 1.82) is 0 Å². The van der Waals surface area contributed by atoms with Crippen LogP contribution in [-0.2, 0) is 22.4 Å². The highest BCUT2D eigenvalue weighted by molar-refractivity contribution is 7.17. The molecule has 2 aromatic rings. The molecule has 2 amide bonds. The van der Waals surface area contributed by atoms with Crippen molar-refractivity contribution in [2.24, 2.45) is 11.3 Å². The number of anilines is 2. The van der Waals surface area contributed by atoms with E-state index < -0.39 is 5.97 Å².